The molecule has 0 spiro atoms. The zero-order valence-electron chi connectivity index (χ0n) is 11.7. The van der Waals surface area contributed by atoms with Gasteiger partial charge < -0.3 is 9.47 Å². The minimum absolute atomic E-state index is 0.358. The van der Waals surface area contributed by atoms with Gasteiger partial charge in [-0.25, -0.2) is 0 Å². The van der Waals surface area contributed by atoms with Crippen molar-refractivity contribution in [3.63, 3.8) is 0 Å². The second-order valence-corrected chi connectivity index (χ2v) is 4.88. The van der Waals surface area contributed by atoms with Gasteiger partial charge in [-0.2, -0.15) is 0 Å². The lowest BCUT2D eigenvalue weighted by Gasteiger charge is -2.33. The van der Waals surface area contributed by atoms with E-state index in [-0.39, 0.29) is 0 Å². The lowest BCUT2D eigenvalue weighted by Crippen LogP contribution is -2.28. The average Bonchev–Trinajstić information content (AvgIpc) is 2.31. The summed E-state index contributed by atoms with van der Waals surface area (Å²) in [7, 11) is 3.61. The Balaban J connectivity index is 4.32. The summed E-state index contributed by atoms with van der Waals surface area (Å²) in [6.45, 7) is 6.26. The smallest absolute Gasteiger partial charge is 0.0519 e. The molecule has 0 amide bonds. The summed E-state index contributed by atoms with van der Waals surface area (Å²) in [6, 6.07) is 0. The van der Waals surface area contributed by atoms with E-state index in [0.717, 1.165) is 19.6 Å². The third kappa shape index (κ3) is 6.49. The standard InChI is InChI=1S/C14H30O2/c1-5-7-9-14(13-16-4,10-8-6-2)11-12-15-3/h5-13H2,1-4H3. The third-order valence-corrected chi connectivity index (χ3v) is 3.41. The van der Waals surface area contributed by atoms with Crippen molar-refractivity contribution < 1.29 is 9.47 Å². The number of methoxy groups -OCH3 is 2. The van der Waals surface area contributed by atoms with Gasteiger partial charge in [-0.1, -0.05) is 39.5 Å². The molecule has 0 aliphatic carbocycles. The van der Waals surface area contributed by atoms with Crippen LogP contribution in [0.5, 0.6) is 0 Å². The molecule has 0 heterocycles. The van der Waals surface area contributed by atoms with E-state index in [2.05, 4.69) is 13.8 Å². The van der Waals surface area contributed by atoms with Crippen LogP contribution in [0, 0.1) is 5.41 Å². The Hall–Kier alpha value is -0.0800. The summed E-state index contributed by atoms with van der Waals surface area (Å²) < 4.78 is 10.7. The largest absolute Gasteiger partial charge is 0.385 e. The number of ether oxygens (including phenoxy) is 2. The van der Waals surface area contributed by atoms with E-state index in [1.54, 1.807) is 7.11 Å². The zero-order chi connectivity index (χ0) is 12.3. The summed E-state index contributed by atoms with van der Waals surface area (Å²) in [5.41, 5.74) is 0.358. The minimum Gasteiger partial charge on any atom is -0.385 e. The summed E-state index contributed by atoms with van der Waals surface area (Å²) >= 11 is 0. The fourth-order valence-electron chi connectivity index (χ4n) is 2.32. The zero-order valence-corrected chi connectivity index (χ0v) is 11.7. The molecule has 0 aliphatic rings. The van der Waals surface area contributed by atoms with Crippen molar-refractivity contribution in [1.82, 2.24) is 0 Å². The first-order chi connectivity index (χ1) is 7.74. The maximum Gasteiger partial charge on any atom is 0.0519 e. The van der Waals surface area contributed by atoms with Gasteiger partial charge in [-0.05, 0) is 24.7 Å². The second-order valence-electron chi connectivity index (χ2n) is 4.88. The Morgan fingerprint density at radius 1 is 0.812 bits per heavy atom. The van der Waals surface area contributed by atoms with Gasteiger partial charge in [0.1, 0.15) is 0 Å². The van der Waals surface area contributed by atoms with Crippen LogP contribution < -0.4 is 0 Å². The van der Waals surface area contributed by atoms with E-state index in [1.807, 2.05) is 7.11 Å². The van der Waals surface area contributed by atoms with Gasteiger partial charge in [-0.15, -0.1) is 0 Å². The van der Waals surface area contributed by atoms with Crippen molar-refractivity contribution in [1.29, 1.82) is 0 Å². The van der Waals surface area contributed by atoms with Gasteiger partial charge >= 0.3 is 0 Å². The molecule has 2 nitrogen and oxygen atoms in total. The minimum atomic E-state index is 0.358. The van der Waals surface area contributed by atoms with Crippen LogP contribution in [0.4, 0.5) is 0 Å². The average molecular weight is 230 g/mol. The first kappa shape index (κ1) is 15.9. The van der Waals surface area contributed by atoms with Crippen LogP contribution in [0.2, 0.25) is 0 Å². The Morgan fingerprint density at radius 2 is 1.38 bits per heavy atom. The van der Waals surface area contributed by atoms with E-state index >= 15 is 0 Å². The lowest BCUT2D eigenvalue weighted by molar-refractivity contribution is 0.0323. The van der Waals surface area contributed by atoms with E-state index < -0.39 is 0 Å². The molecule has 0 N–H and O–H groups in total. The Bertz CT molecular complexity index is 124. The number of rotatable bonds is 11. The first-order valence-electron chi connectivity index (χ1n) is 6.72. The van der Waals surface area contributed by atoms with Crippen LogP contribution >= 0.6 is 0 Å². The third-order valence-electron chi connectivity index (χ3n) is 3.41. The van der Waals surface area contributed by atoms with Crippen molar-refractivity contribution in [3.05, 3.63) is 0 Å². The van der Waals surface area contributed by atoms with E-state index in [9.17, 15) is 0 Å². The number of unbranched alkanes of at least 4 members (excludes halogenated alkanes) is 2. The normalized spacial score (nSPS) is 12.0. The molecule has 0 atom stereocenters. The van der Waals surface area contributed by atoms with Crippen molar-refractivity contribution in [2.75, 3.05) is 27.4 Å². The molecule has 0 aromatic carbocycles. The summed E-state index contributed by atoms with van der Waals surface area (Å²) in [5, 5.41) is 0. The molecule has 0 radical (unpaired) electrons. The first-order valence-corrected chi connectivity index (χ1v) is 6.72. The molecule has 0 unspecified atom stereocenters. The Kier molecular flexibility index (Phi) is 10.0. The predicted molar refractivity (Wildman–Crippen MR) is 69.9 cm³/mol. The van der Waals surface area contributed by atoms with Gasteiger partial charge in [0, 0.05) is 20.8 Å². The number of hydrogen-bond acceptors (Lipinski definition) is 2. The second kappa shape index (κ2) is 10.1. The predicted octanol–water partition coefficient (Wildman–Crippen LogP) is 4.04. The summed E-state index contributed by atoms with van der Waals surface area (Å²) in [4.78, 5) is 0. The topological polar surface area (TPSA) is 18.5 Å². The van der Waals surface area contributed by atoms with Crippen molar-refractivity contribution in [3.8, 4) is 0 Å². The van der Waals surface area contributed by atoms with E-state index in [0.29, 0.717) is 5.41 Å². The fraction of sp³-hybridized carbons (Fsp3) is 1.00. The SMILES string of the molecule is CCCCC(CCCC)(CCOC)COC. The molecule has 0 rings (SSSR count). The molecule has 0 saturated heterocycles. The number of hydrogen-bond donors (Lipinski definition) is 0. The van der Waals surface area contributed by atoms with E-state index in [1.165, 1.54) is 38.5 Å². The Morgan fingerprint density at radius 3 is 1.75 bits per heavy atom. The maximum absolute atomic E-state index is 5.44. The highest BCUT2D eigenvalue weighted by atomic mass is 16.5. The van der Waals surface area contributed by atoms with Crippen LogP contribution in [-0.4, -0.2) is 27.4 Å². The van der Waals surface area contributed by atoms with Crippen molar-refractivity contribution in [2.45, 2.75) is 58.8 Å². The van der Waals surface area contributed by atoms with Gasteiger partial charge in [-0.3, -0.25) is 0 Å². The highest BCUT2D eigenvalue weighted by molar-refractivity contribution is 4.79. The quantitative estimate of drug-likeness (QED) is 0.533. The van der Waals surface area contributed by atoms with Gasteiger partial charge in [0.05, 0.1) is 6.61 Å². The monoisotopic (exact) mass is 230 g/mol. The van der Waals surface area contributed by atoms with Crippen LogP contribution in [0.15, 0.2) is 0 Å². The highest BCUT2D eigenvalue weighted by Gasteiger charge is 2.28. The highest BCUT2D eigenvalue weighted by Crippen LogP contribution is 2.35. The molecule has 0 bridgehead atoms. The fourth-order valence-corrected chi connectivity index (χ4v) is 2.32. The molecule has 0 saturated carbocycles. The molecule has 0 aromatic rings. The maximum atomic E-state index is 5.44. The summed E-state index contributed by atoms with van der Waals surface area (Å²) in [5.74, 6) is 0. The van der Waals surface area contributed by atoms with Crippen molar-refractivity contribution in [2.24, 2.45) is 5.41 Å². The van der Waals surface area contributed by atoms with Gasteiger partial charge in [0.25, 0.3) is 0 Å². The molecule has 0 aromatic heterocycles. The molecular formula is C14H30O2. The van der Waals surface area contributed by atoms with Gasteiger partial charge in [0.2, 0.25) is 0 Å². The summed E-state index contributed by atoms with van der Waals surface area (Å²) in [6.07, 6.45) is 8.83. The Labute approximate surface area is 102 Å². The van der Waals surface area contributed by atoms with Crippen LogP contribution in [0.3, 0.4) is 0 Å². The molecule has 98 valence electrons. The molecule has 16 heavy (non-hydrogen) atoms. The van der Waals surface area contributed by atoms with Crippen molar-refractivity contribution >= 4 is 0 Å². The van der Waals surface area contributed by atoms with E-state index in [4.69, 9.17) is 9.47 Å². The molecule has 2 heteroatoms. The molecular weight excluding hydrogens is 200 g/mol. The molecule has 0 fully saturated rings. The van der Waals surface area contributed by atoms with Crippen LogP contribution in [0.25, 0.3) is 0 Å². The van der Waals surface area contributed by atoms with Crippen LogP contribution in [0.1, 0.15) is 58.8 Å². The lowest BCUT2D eigenvalue weighted by atomic mass is 9.76. The van der Waals surface area contributed by atoms with Crippen LogP contribution in [-0.2, 0) is 9.47 Å². The molecule has 0 aliphatic heterocycles. The van der Waals surface area contributed by atoms with Gasteiger partial charge in [0.15, 0.2) is 0 Å².